The van der Waals surface area contributed by atoms with Crippen molar-refractivity contribution in [1.29, 1.82) is 0 Å². The summed E-state index contributed by atoms with van der Waals surface area (Å²) in [6.45, 7) is 26.8. The Morgan fingerprint density at radius 1 is 0.180 bits per heavy atom. The molecule has 0 saturated carbocycles. The molecule has 23 rings (SSSR count). The van der Waals surface area contributed by atoms with Gasteiger partial charge in [-0.2, -0.15) is 0 Å². The SMILES string of the molecule is CC(C)c1ccc(-n2c3ccccc3c3ccccc32)cc1.CC(C)c1ccccc1-n1c2ccccc2c2ccccc21.CC(C)n1c2ccc(N(c3ccccc3)c3ccccc3)cc2c2cc(N(c3ccccc3)c3ccccc3)ccc21.CC(C)n1c2ccccc2c2cc(N(c3ccccc3)c3ccccc3)ccc21.Cc1ccc2c(c1)c1cc(C)ccc1n2C(C)C. The predicted octanol–water partition coefficient (Wildman–Crippen LogP) is 36.0. The molecule has 0 atom stereocenters. The molecule has 0 saturated heterocycles. The Balaban J connectivity index is 0.000000111. The third kappa shape index (κ3) is 17.2. The number of nitrogens with zero attached hydrogens (tertiary/aromatic N) is 8. The smallest absolute Gasteiger partial charge is 0.0541 e. The second-order valence-corrected chi connectivity index (χ2v) is 36.3. The van der Waals surface area contributed by atoms with E-state index >= 15 is 0 Å². The highest BCUT2D eigenvalue weighted by molar-refractivity contribution is 6.14. The Morgan fingerprint density at radius 3 is 0.722 bits per heavy atom. The fourth-order valence-corrected chi connectivity index (χ4v) is 19.8. The van der Waals surface area contributed by atoms with Gasteiger partial charge in [0.15, 0.2) is 0 Å². The number of hydrogen-bond donors (Lipinski definition) is 0. The molecule has 5 aromatic heterocycles. The van der Waals surface area contributed by atoms with E-state index in [0.29, 0.717) is 30.0 Å². The van der Waals surface area contributed by atoms with Gasteiger partial charge < -0.3 is 37.5 Å². The summed E-state index contributed by atoms with van der Waals surface area (Å²) in [5.41, 5.74) is 31.0. The first-order valence-corrected chi connectivity index (χ1v) is 47.0. The summed E-state index contributed by atoms with van der Waals surface area (Å²) in [6.07, 6.45) is 0. The molecule has 18 aromatic carbocycles. The van der Waals surface area contributed by atoms with Gasteiger partial charge in [0.05, 0.1) is 22.1 Å². The largest absolute Gasteiger partial charge is 0.338 e. The molecule has 0 aliphatic carbocycles. The molecule has 8 nitrogen and oxygen atoms in total. The lowest BCUT2D eigenvalue weighted by Crippen LogP contribution is -2.09. The fourth-order valence-electron chi connectivity index (χ4n) is 19.8. The van der Waals surface area contributed by atoms with E-state index in [9.17, 15) is 0 Å². The van der Waals surface area contributed by atoms with E-state index in [1.54, 1.807) is 0 Å². The second kappa shape index (κ2) is 38.2. The molecule has 0 N–H and O–H groups in total. The van der Waals surface area contributed by atoms with Crippen LogP contribution in [0.15, 0.2) is 443 Å². The Bertz CT molecular complexity index is 7570. The standard InChI is InChI=1S/C39H33N3.C27H24N2.2C21H19N.C17H19N/c1-29(2)40-38-25-23-34(41(30-15-7-3-8-16-30)31-17-9-4-10-18-31)27-36(38)37-28-35(24-26-39(37)40)42(32-19-11-5-12-20-32)33-21-13-6-14-22-33;1-20(2)28-26-16-10-9-15-24(26)25-19-23(17-18-27(25)28)29(21-11-5-3-6-12-21)22-13-7-4-8-14-22;1-15(2)16-9-3-6-12-19(16)22-20-13-7-4-10-17(20)18-11-5-8-14-21(18)22;1-15(2)16-11-13-17(14-12-16)22-20-9-5-3-7-18(20)19-8-4-6-10-21(19)22;1-11(2)18-16-7-5-12(3)9-14(16)15-10-13(4)6-8-17(15)18/h3-29H,1-2H3;3-20H,1-2H3;2*3-15H,1-2H3;5-11H,1-4H3. The Morgan fingerprint density at radius 2 is 0.421 bits per heavy atom. The minimum absolute atomic E-state index is 0.320. The van der Waals surface area contributed by atoms with Crippen LogP contribution in [0.25, 0.3) is 120 Å². The maximum Gasteiger partial charge on any atom is 0.0541 e. The van der Waals surface area contributed by atoms with Crippen LogP contribution in [-0.2, 0) is 0 Å². The summed E-state index contributed by atoms with van der Waals surface area (Å²) >= 11 is 0. The van der Waals surface area contributed by atoms with Gasteiger partial charge in [0.25, 0.3) is 0 Å². The first-order valence-electron chi connectivity index (χ1n) is 47.0. The highest BCUT2D eigenvalue weighted by Gasteiger charge is 2.24. The summed E-state index contributed by atoms with van der Waals surface area (Å²) in [7, 11) is 0. The van der Waals surface area contributed by atoms with Crippen LogP contribution in [0, 0.1) is 13.8 Å². The van der Waals surface area contributed by atoms with Gasteiger partial charge >= 0.3 is 0 Å². The van der Waals surface area contributed by atoms with Gasteiger partial charge in [0.1, 0.15) is 0 Å². The Hall–Kier alpha value is -15.6. The fraction of sp³-hybridized carbons (Fsp3) is 0.136. The lowest BCUT2D eigenvalue weighted by Gasteiger charge is -2.26. The van der Waals surface area contributed by atoms with Gasteiger partial charge in [-0.25, -0.2) is 0 Å². The molecule has 0 fully saturated rings. The molecule has 133 heavy (non-hydrogen) atoms. The van der Waals surface area contributed by atoms with Crippen LogP contribution in [0.4, 0.5) is 51.2 Å². The number of benzene rings is 18. The van der Waals surface area contributed by atoms with Crippen LogP contribution in [0.5, 0.6) is 0 Å². The molecule has 5 heterocycles. The van der Waals surface area contributed by atoms with Crippen LogP contribution in [0.3, 0.4) is 0 Å². The zero-order chi connectivity index (χ0) is 91.3. The lowest BCUT2D eigenvalue weighted by atomic mass is 10.0. The summed E-state index contributed by atoms with van der Waals surface area (Å²) in [6, 6.07) is 160. The van der Waals surface area contributed by atoms with Crippen molar-refractivity contribution in [2.24, 2.45) is 0 Å². The maximum atomic E-state index is 2.46. The van der Waals surface area contributed by atoms with E-state index in [4.69, 9.17) is 0 Å². The molecule has 0 amide bonds. The van der Waals surface area contributed by atoms with Crippen molar-refractivity contribution in [2.75, 3.05) is 14.7 Å². The minimum Gasteiger partial charge on any atom is -0.338 e. The van der Waals surface area contributed by atoms with Gasteiger partial charge in [-0.15, -0.1) is 0 Å². The third-order valence-corrected chi connectivity index (χ3v) is 25.8. The predicted molar refractivity (Wildman–Crippen MR) is 573 cm³/mol. The van der Waals surface area contributed by atoms with Crippen molar-refractivity contribution in [3.05, 3.63) is 465 Å². The molecule has 0 aliphatic rings. The summed E-state index contributed by atoms with van der Waals surface area (Å²) < 4.78 is 12.1. The van der Waals surface area contributed by atoms with Gasteiger partial charge in [-0.05, 0) is 279 Å². The second-order valence-electron chi connectivity index (χ2n) is 36.3. The highest BCUT2D eigenvalue weighted by Crippen LogP contribution is 2.46. The Kier molecular flexibility index (Phi) is 24.9. The number of aryl methyl sites for hydroxylation is 2. The van der Waals surface area contributed by atoms with Crippen molar-refractivity contribution in [2.45, 2.75) is 113 Å². The van der Waals surface area contributed by atoms with Crippen LogP contribution < -0.4 is 14.7 Å². The van der Waals surface area contributed by atoms with Gasteiger partial charge in [0, 0.05) is 168 Å². The quantitative estimate of drug-likeness (QED) is 0.0967. The molecule has 0 bridgehead atoms. The summed E-state index contributed by atoms with van der Waals surface area (Å²) in [5, 5.41) is 13.1. The van der Waals surface area contributed by atoms with E-state index in [1.807, 2.05) is 0 Å². The molecular weight excluding hydrogens is 1610 g/mol. The van der Waals surface area contributed by atoms with Crippen molar-refractivity contribution >= 4 is 160 Å². The molecule has 654 valence electrons. The maximum absolute atomic E-state index is 2.46. The van der Waals surface area contributed by atoms with Crippen LogP contribution in [0.1, 0.15) is 121 Å². The lowest BCUT2D eigenvalue weighted by molar-refractivity contribution is 0.642. The van der Waals surface area contributed by atoms with Crippen LogP contribution >= 0.6 is 0 Å². The summed E-state index contributed by atoms with van der Waals surface area (Å²) in [4.78, 5) is 6.99. The zero-order valence-corrected chi connectivity index (χ0v) is 78.1. The van der Waals surface area contributed by atoms with E-state index in [-0.39, 0.29) is 0 Å². The molecule has 8 heteroatoms. The van der Waals surface area contributed by atoms with Crippen molar-refractivity contribution in [3.8, 4) is 11.4 Å². The van der Waals surface area contributed by atoms with Crippen LogP contribution in [0.2, 0.25) is 0 Å². The third-order valence-electron chi connectivity index (χ3n) is 25.8. The molecule has 0 radical (unpaired) electrons. The van der Waals surface area contributed by atoms with Crippen molar-refractivity contribution in [1.82, 2.24) is 22.8 Å². The Labute approximate surface area is 782 Å². The number of para-hydroxylation sites is 12. The van der Waals surface area contributed by atoms with Gasteiger partial charge in [0.2, 0.25) is 0 Å². The highest BCUT2D eigenvalue weighted by atomic mass is 15.2. The van der Waals surface area contributed by atoms with E-state index < -0.39 is 0 Å². The van der Waals surface area contributed by atoms with Gasteiger partial charge in [-0.1, -0.05) is 281 Å². The number of rotatable bonds is 16. The zero-order valence-electron chi connectivity index (χ0n) is 78.1. The normalized spacial score (nSPS) is 11.5. The average molecular weight is 1730 g/mol. The monoisotopic (exact) mass is 1730 g/mol. The number of fused-ring (bicyclic) bond motifs is 15. The number of hydrogen-bond acceptors (Lipinski definition) is 3. The molecule has 23 aromatic rings. The first-order chi connectivity index (χ1) is 65.0. The van der Waals surface area contributed by atoms with Crippen molar-refractivity contribution < 1.29 is 0 Å². The number of aromatic nitrogens is 5. The molecule has 0 unspecified atom stereocenters. The first kappa shape index (κ1) is 86.7. The van der Waals surface area contributed by atoms with E-state index in [0.717, 1.165) is 45.5 Å². The molecular formula is C125H114N8. The van der Waals surface area contributed by atoms with Crippen LogP contribution in [-0.4, -0.2) is 22.8 Å². The molecule has 0 aliphatic heterocycles. The number of anilines is 9. The van der Waals surface area contributed by atoms with E-state index in [2.05, 4.69) is 563 Å². The summed E-state index contributed by atoms with van der Waals surface area (Å²) in [5.74, 6) is 1.06. The van der Waals surface area contributed by atoms with E-state index in [1.165, 1.54) is 148 Å². The minimum atomic E-state index is 0.320. The van der Waals surface area contributed by atoms with Gasteiger partial charge in [-0.3, -0.25) is 0 Å². The van der Waals surface area contributed by atoms with Crippen molar-refractivity contribution in [3.63, 3.8) is 0 Å². The topological polar surface area (TPSA) is 34.4 Å². The molecule has 0 spiro atoms. The average Bonchev–Trinajstić information content (AvgIpc) is 1.58.